The van der Waals surface area contributed by atoms with Gasteiger partial charge in [-0.3, -0.25) is 0 Å². The number of rotatable bonds is 3. The molecule has 0 aliphatic rings. The second kappa shape index (κ2) is 6.67. The van der Waals surface area contributed by atoms with E-state index in [0.717, 1.165) is 36.2 Å². The summed E-state index contributed by atoms with van der Waals surface area (Å²) >= 11 is 0. The molecular weight excluding hydrogens is 233 g/mol. The van der Waals surface area contributed by atoms with Crippen molar-refractivity contribution in [3.05, 3.63) is 30.1 Å². The monoisotopic (exact) mass is 247 g/mol. The van der Waals surface area contributed by atoms with Gasteiger partial charge in [0.1, 0.15) is 5.82 Å². The Morgan fingerprint density at radius 1 is 1.20 bits per heavy atom. The number of aryl methyl sites for hydroxylation is 1. The molecule has 0 fully saturated rings. The van der Waals surface area contributed by atoms with Crippen LogP contribution in [0.3, 0.4) is 0 Å². The van der Waals surface area contributed by atoms with Crippen LogP contribution in [-0.2, 0) is 6.42 Å². The Labute approximate surface area is 101 Å². The Kier molecular flexibility index (Phi) is 6.32. The number of nitrogens with zero attached hydrogens (tertiary/aromatic N) is 1. The topological polar surface area (TPSA) is 54.7 Å². The molecule has 5 heteroatoms. The first kappa shape index (κ1) is 14.2. The summed E-state index contributed by atoms with van der Waals surface area (Å²) in [6.45, 7) is 0.719. The maximum atomic E-state index is 5.43. The molecule has 0 aliphatic heterocycles. The Morgan fingerprint density at radius 3 is 2.60 bits per heavy atom. The van der Waals surface area contributed by atoms with Crippen molar-refractivity contribution in [3.8, 4) is 0 Å². The number of hydrogen-bond acceptors (Lipinski definition) is 2. The third kappa shape index (κ3) is 3.38. The first-order chi connectivity index (χ1) is 6.40. The van der Waals surface area contributed by atoms with E-state index in [1.807, 2.05) is 24.3 Å². The SMILES string of the molecule is Cl.Cl.NCCCc1nc2ccccc2[nH]1. The van der Waals surface area contributed by atoms with Gasteiger partial charge in [-0.15, -0.1) is 24.8 Å². The van der Waals surface area contributed by atoms with E-state index in [0.29, 0.717) is 0 Å². The van der Waals surface area contributed by atoms with Crippen LogP contribution in [0.5, 0.6) is 0 Å². The zero-order chi connectivity index (χ0) is 9.10. The van der Waals surface area contributed by atoms with Crippen LogP contribution in [0.4, 0.5) is 0 Å². The molecule has 0 amide bonds. The minimum atomic E-state index is 0. The Hall–Kier alpha value is -0.770. The first-order valence-electron chi connectivity index (χ1n) is 4.54. The molecule has 0 spiro atoms. The summed E-state index contributed by atoms with van der Waals surface area (Å²) in [5.41, 5.74) is 7.57. The van der Waals surface area contributed by atoms with Crippen molar-refractivity contribution in [3.63, 3.8) is 0 Å². The minimum Gasteiger partial charge on any atom is -0.342 e. The van der Waals surface area contributed by atoms with Crippen molar-refractivity contribution < 1.29 is 0 Å². The zero-order valence-electron chi connectivity index (χ0n) is 8.27. The average Bonchev–Trinajstić information content (AvgIpc) is 2.57. The second-order valence-electron chi connectivity index (χ2n) is 3.09. The van der Waals surface area contributed by atoms with E-state index in [2.05, 4.69) is 9.97 Å². The smallest absolute Gasteiger partial charge is 0.107 e. The van der Waals surface area contributed by atoms with E-state index < -0.39 is 0 Å². The third-order valence-corrected chi connectivity index (χ3v) is 2.06. The van der Waals surface area contributed by atoms with E-state index in [4.69, 9.17) is 5.73 Å². The van der Waals surface area contributed by atoms with Crippen LogP contribution in [0, 0.1) is 0 Å². The zero-order valence-corrected chi connectivity index (χ0v) is 9.90. The lowest BCUT2D eigenvalue weighted by Crippen LogP contribution is -2.01. The molecule has 0 saturated heterocycles. The van der Waals surface area contributed by atoms with E-state index >= 15 is 0 Å². The fraction of sp³-hybridized carbons (Fsp3) is 0.300. The van der Waals surface area contributed by atoms with Gasteiger partial charge in [-0.1, -0.05) is 12.1 Å². The second-order valence-corrected chi connectivity index (χ2v) is 3.09. The van der Waals surface area contributed by atoms with Crippen molar-refractivity contribution in [2.75, 3.05) is 6.54 Å². The summed E-state index contributed by atoms with van der Waals surface area (Å²) in [5, 5.41) is 0. The Balaban J connectivity index is 0.000000980. The summed E-state index contributed by atoms with van der Waals surface area (Å²) in [6.07, 6.45) is 1.92. The molecule has 0 aliphatic carbocycles. The number of para-hydroxylation sites is 2. The highest BCUT2D eigenvalue weighted by atomic mass is 35.5. The van der Waals surface area contributed by atoms with Crippen LogP contribution in [0.25, 0.3) is 11.0 Å². The third-order valence-electron chi connectivity index (χ3n) is 2.06. The highest BCUT2D eigenvalue weighted by molar-refractivity contribution is 5.85. The summed E-state index contributed by atoms with van der Waals surface area (Å²) in [7, 11) is 0. The predicted octanol–water partition coefficient (Wildman–Crippen LogP) is 2.30. The molecule has 1 aromatic carbocycles. The summed E-state index contributed by atoms with van der Waals surface area (Å²) in [5.74, 6) is 1.03. The molecule has 2 rings (SSSR count). The van der Waals surface area contributed by atoms with Gasteiger partial charge in [0, 0.05) is 6.42 Å². The number of aromatic amines is 1. The summed E-state index contributed by atoms with van der Waals surface area (Å²) < 4.78 is 0. The number of H-pyrrole nitrogens is 1. The first-order valence-corrected chi connectivity index (χ1v) is 4.54. The van der Waals surface area contributed by atoms with Crippen LogP contribution in [-0.4, -0.2) is 16.5 Å². The van der Waals surface area contributed by atoms with Gasteiger partial charge < -0.3 is 10.7 Å². The number of halogens is 2. The fourth-order valence-corrected chi connectivity index (χ4v) is 1.39. The lowest BCUT2D eigenvalue weighted by atomic mass is 10.3. The molecule has 1 heterocycles. The van der Waals surface area contributed by atoms with Crippen LogP contribution in [0.15, 0.2) is 24.3 Å². The molecule has 0 unspecified atom stereocenters. The van der Waals surface area contributed by atoms with Gasteiger partial charge in [0.15, 0.2) is 0 Å². The number of hydrogen-bond donors (Lipinski definition) is 2. The van der Waals surface area contributed by atoms with Gasteiger partial charge in [0.25, 0.3) is 0 Å². The lowest BCUT2D eigenvalue weighted by molar-refractivity contribution is 0.796. The molecule has 0 radical (unpaired) electrons. The molecule has 3 nitrogen and oxygen atoms in total. The number of aromatic nitrogens is 2. The quantitative estimate of drug-likeness (QED) is 0.875. The molecule has 15 heavy (non-hydrogen) atoms. The molecule has 0 bridgehead atoms. The average molecular weight is 248 g/mol. The fourth-order valence-electron chi connectivity index (χ4n) is 1.39. The Morgan fingerprint density at radius 2 is 1.93 bits per heavy atom. The van der Waals surface area contributed by atoms with Crippen molar-refractivity contribution in [1.82, 2.24) is 9.97 Å². The highest BCUT2D eigenvalue weighted by Gasteiger charge is 1.99. The molecule has 84 valence electrons. The van der Waals surface area contributed by atoms with E-state index in [9.17, 15) is 0 Å². The molecule has 1 aromatic heterocycles. The van der Waals surface area contributed by atoms with Crippen molar-refractivity contribution in [1.29, 1.82) is 0 Å². The molecular formula is C10H15Cl2N3. The van der Waals surface area contributed by atoms with Gasteiger partial charge >= 0.3 is 0 Å². The largest absolute Gasteiger partial charge is 0.342 e. The van der Waals surface area contributed by atoms with E-state index in [1.54, 1.807) is 0 Å². The standard InChI is InChI=1S/C10H13N3.2ClH/c11-7-3-6-10-12-8-4-1-2-5-9(8)13-10;;/h1-2,4-5H,3,6-7,11H2,(H,12,13);2*1H. The lowest BCUT2D eigenvalue weighted by Gasteiger charge is -1.91. The number of nitrogens with two attached hydrogens (primary N) is 1. The Bertz CT molecular complexity index is 367. The van der Waals surface area contributed by atoms with Crippen LogP contribution >= 0.6 is 24.8 Å². The maximum absolute atomic E-state index is 5.43. The molecule has 2 aromatic rings. The van der Waals surface area contributed by atoms with Crippen LogP contribution in [0.1, 0.15) is 12.2 Å². The van der Waals surface area contributed by atoms with E-state index in [-0.39, 0.29) is 24.8 Å². The highest BCUT2D eigenvalue weighted by Crippen LogP contribution is 2.10. The summed E-state index contributed by atoms with van der Waals surface area (Å²) in [4.78, 5) is 7.70. The van der Waals surface area contributed by atoms with Crippen molar-refractivity contribution in [2.45, 2.75) is 12.8 Å². The van der Waals surface area contributed by atoms with Gasteiger partial charge in [-0.05, 0) is 25.1 Å². The normalized spacial score (nSPS) is 9.40. The summed E-state index contributed by atoms with van der Waals surface area (Å²) in [6, 6.07) is 8.05. The van der Waals surface area contributed by atoms with Gasteiger partial charge in [0.05, 0.1) is 11.0 Å². The van der Waals surface area contributed by atoms with Gasteiger partial charge in [-0.2, -0.15) is 0 Å². The number of benzene rings is 1. The number of fused-ring (bicyclic) bond motifs is 1. The number of nitrogens with one attached hydrogen (secondary N) is 1. The van der Waals surface area contributed by atoms with Gasteiger partial charge in [-0.25, -0.2) is 4.98 Å². The van der Waals surface area contributed by atoms with E-state index in [1.165, 1.54) is 0 Å². The molecule has 0 saturated carbocycles. The predicted molar refractivity (Wildman–Crippen MR) is 68.0 cm³/mol. The van der Waals surface area contributed by atoms with Crippen molar-refractivity contribution >= 4 is 35.8 Å². The van der Waals surface area contributed by atoms with Crippen LogP contribution in [0.2, 0.25) is 0 Å². The minimum absolute atomic E-state index is 0. The molecule has 0 atom stereocenters. The number of imidazole rings is 1. The van der Waals surface area contributed by atoms with Gasteiger partial charge in [0.2, 0.25) is 0 Å². The molecule has 3 N–H and O–H groups in total. The maximum Gasteiger partial charge on any atom is 0.107 e. The van der Waals surface area contributed by atoms with Crippen molar-refractivity contribution in [2.24, 2.45) is 5.73 Å². The van der Waals surface area contributed by atoms with Crippen LogP contribution < -0.4 is 5.73 Å².